The van der Waals surface area contributed by atoms with Gasteiger partial charge in [-0.2, -0.15) is 0 Å². The van der Waals surface area contributed by atoms with Gasteiger partial charge in [-0.25, -0.2) is 0 Å². The second kappa shape index (κ2) is 34.7. The second-order valence-corrected chi connectivity index (χ2v) is 25.9. The van der Waals surface area contributed by atoms with Crippen molar-refractivity contribution < 1.29 is 0 Å². The molecule has 8 saturated carbocycles. The van der Waals surface area contributed by atoms with Gasteiger partial charge in [0.15, 0.2) is 0 Å². The van der Waals surface area contributed by atoms with Crippen LogP contribution in [0.25, 0.3) is 0 Å². The van der Waals surface area contributed by atoms with E-state index in [1.54, 1.807) is 5.56 Å². The highest BCUT2D eigenvalue weighted by atomic mass is 14.4. The lowest BCUT2D eigenvalue weighted by atomic mass is 9.68. The van der Waals surface area contributed by atoms with Crippen molar-refractivity contribution in [2.75, 3.05) is 0 Å². The molecule has 8 aliphatic carbocycles. The van der Waals surface area contributed by atoms with Crippen molar-refractivity contribution in [2.24, 2.45) is 88.8 Å². The first-order valence-electron chi connectivity index (χ1n) is 30.7. The van der Waals surface area contributed by atoms with E-state index in [1.807, 2.05) is 0 Å². The molecule has 0 spiro atoms. The SMILES string of the molecule is C.C.C.C=CC1CCC(C2CCC(C)CC2)CC1.C=CC1CCC(C2CCC(c3ccc(C)cc3)CC2)CC1.C=CCC1CCC(C2CCC(C)CC2)CC1.CC=CC1CCC(C2CCC(C)CC2)CC1. The molecule has 0 unspecified atom stereocenters. The highest BCUT2D eigenvalue weighted by Gasteiger charge is 2.33. The molecule has 1 aromatic rings. The van der Waals surface area contributed by atoms with E-state index in [9.17, 15) is 0 Å². The van der Waals surface area contributed by atoms with E-state index in [0.29, 0.717) is 0 Å². The van der Waals surface area contributed by atoms with Crippen molar-refractivity contribution in [3.63, 3.8) is 0 Å². The maximum atomic E-state index is 3.97. The van der Waals surface area contributed by atoms with Crippen LogP contribution >= 0.6 is 0 Å². The molecule has 0 amide bonds. The summed E-state index contributed by atoms with van der Waals surface area (Å²) in [5.74, 6) is 15.9. The van der Waals surface area contributed by atoms with Crippen LogP contribution in [0.1, 0.15) is 279 Å². The van der Waals surface area contributed by atoms with Gasteiger partial charge in [0.1, 0.15) is 0 Å². The van der Waals surface area contributed by atoms with Gasteiger partial charge in [0, 0.05) is 0 Å². The Morgan fingerprint density at radius 2 is 0.662 bits per heavy atom. The van der Waals surface area contributed by atoms with Crippen LogP contribution in [-0.2, 0) is 0 Å². The van der Waals surface area contributed by atoms with Crippen LogP contribution in [0.2, 0.25) is 0 Å². The van der Waals surface area contributed by atoms with E-state index in [0.717, 1.165) is 94.7 Å². The summed E-state index contributed by atoms with van der Waals surface area (Å²) >= 11 is 0. The first-order valence-corrected chi connectivity index (χ1v) is 30.7. The molecule has 0 heteroatoms. The molecule has 0 nitrogen and oxygen atoms in total. The van der Waals surface area contributed by atoms with E-state index in [2.05, 4.69) is 109 Å². The molecule has 8 fully saturated rings. The molecule has 0 atom stereocenters. The zero-order valence-corrected chi connectivity index (χ0v) is 45.9. The molecule has 0 saturated heterocycles. The van der Waals surface area contributed by atoms with E-state index in [-0.39, 0.29) is 22.3 Å². The van der Waals surface area contributed by atoms with Crippen molar-refractivity contribution in [3.8, 4) is 0 Å². The Kier molecular flexibility index (Phi) is 31.0. The van der Waals surface area contributed by atoms with Gasteiger partial charge in [0.05, 0.1) is 0 Å². The van der Waals surface area contributed by atoms with Crippen LogP contribution in [0.4, 0.5) is 0 Å². The maximum absolute atomic E-state index is 3.97. The average molecular weight is 978 g/mol. The smallest absolute Gasteiger partial charge is 0.0162 e. The molecule has 8 aliphatic rings. The van der Waals surface area contributed by atoms with Gasteiger partial charge < -0.3 is 0 Å². The molecule has 0 bridgehead atoms. The second-order valence-electron chi connectivity index (χ2n) is 25.9. The summed E-state index contributed by atoms with van der Waals surface area (Å²) in [6.45, 7) is 23.4. The molecular formula is C71H124. The monoisotopic (exact) mass is 977 g/mol. The van der Waals surface area contributed by atoms with Crippen LogP contribution in [0.5, 0.6) is 0 Å². The van der Waals surface area contributed by atoms with Gasteiger partial charge in [0.2, 0.25) is 0 Å². The standard InChI is InChI=1S/C21H30.2C16H28.C15H26.3CH4/c1-3-17-6-10-19(11-7-17)21-14-12-20(13-15-21)18-8-4-16(2)5-9-18;2*1-3-4-14-7-11-16(12-8-14)15-9-5-13(2)6-10-15;1-3-13-6-10-15(11-7-13)14-8-4-12(2)5-9-14;;;/h3-5,8-9,17,19-21H,1,6-7,10-15H2,2H3;3-4,13-16H,5-12H2,1-2H3;3,13-16H,1,4-12H2,2H3;3,12-15H,1,4-11H2,2H3;3*1H4. The van der Waals surface area contributed by atoms with Crippen LogP contribution < -0.4 is 0 Å². The zero-order chi connectivity index (χ0) is 48.1. The van der Waals surface area contributed by atoms with Crippen molar-refractivity contribution in [3.05, 3.63) is 85.5 Å². The minimum absolute atomic E-state index is 0. The predicted octanol–water partition coefficient (Wildman–Crippen LogP) is 23.4. The van der Waals surface area contributed by atoms with Crippen LogP contribution in [0.15, 0.2) is 74.4 Å². The normalized spacial score (nSPS) is 37.4. The van der Waals surface area contributed by atoms with Gasteiger partial charge in [-0.1, -0.05) is 142 Å². The number of allylic oxidation sites excluding steroid dienone is 5. The fourth-order valence-electron chi connectivity index (χ4n) is 16.0. The maximum Gasteiger partial charge on any atom is -0.0162 e. The largest absolute Gasteiger partial charge is 0.103 e. The van der Waals surface area contributed by atoms with Gasteiger partial charge in [-0.05, 0) is 287 Å². The minimum atomic E-state index is 0. The fourth-order valence-corrected chi connectivity index (χ4v) is 16.0. The van der Waals surface area contributed by atoms with Crippen molar-refractivity contribution in [2.45, 2.75) is 275 Å². The van der Waals surface area contributed by atoms with Crippen molar-refractivity contribution >= 4 is 0 Å². The number of aryl methyl sites for hydroxylation is 1. The number of benzene rings is 1. The minimum Gasteiger partial charge on any atom is -0.103 e. The highest BCUT2D eigenvalue weighted by molar-refractivity contribution is 5.25. The molecule has 0 heterocycles. The summed E-state index contributed by atoms with van der Waals surface area (Å²) in [4.78, 5) is 0. The van der Waals surface area contributed by atoms with Crippen LogP contribution in [0.3, 0.4) is 0 Å². The van der Waals surface area contributed by atoms with Crippen molar-refractivity contribution in [1.82, 2.24) is 0 Å². The summed E-state index contributed by atoms with van der Waals surface area (Å²) in [5.41, 5.74) is 2.96. The van der Waals surface area contributed by atoms with Gasteiger partial charge in [-0.3, -0.25) is 0 Å². The molecule has 0 N–H and O–H groups in total. The Labute approximate surface area is 446 Å². The van der Waals surface area contributed by atoms with E-state index in [1.165, 1.54) is 217 Å². The Morgan fingerprint density at radius 1 is 0.380 bits per heavy atom. The molecule has 71 heavy (non-hydrogen) atoms. The molecular weight excluding hydrogens is 853 g/mol. The van der Waals surface area contributed by atoms with Gasteiger partial charge >= 0.3 is 0 Å². The Balaban J connectivity index is 0.000000249. The third-order valence-electron chi connectivity index (χ3n) is 21.1. The summed E-state index contributed by atoms with van der Waals surface area (Å²) in [6.07, 6.45) is 59.7. The Morgan fingerprint density at radius 3 is 0.958 bits per heavy atom. The number of rotatable bonds is 10. The molecule has 0 aromatic heterocycles. The third-order valence-corrected chi connectivity index (χ3v) is 21.1. The van der Waals surface area contributed by atoms with E-state index < -0.39 is 0 Å². The molecule has 9 rings (SSSR count). The Hall–Kier alpha value is -1.82. The lowest BCUT2D eigenvalue weighted by molar-refractivity contribution is 0.151. The van der Waals surface area contributed by atoms with E-state index in [4.69, 9.17) is 0 Å². The highest BCUT2D eigenvalue weighted by Crippen LogP contribution is 2.46. The molecule has 0 radical (unpaired) electrons. The third kappa shape index (κ3) is 21.4. The first-order chi connectivity index (χ1) is 33.1. The summed E-state index contributed by atoms with van der Waals surface area (Å²) in [5, 5.41) is 0. The van der Waals surface area contributed by atoms with E-state index >= 15 is 0 Å². The topological polar surface area (TPSA) is 0 Å². The molecule has 408 valence electrons. The summed E-state index contributed by atoms with van der Waals surface area (Å²) in [6, 6.07) is 9.27. The van der Waals surface area contributed by atoms with Crippen LogP contribution in [0, 0.1) is 95.7 Å². The fraction of sp³-hybridized carbons (Fsp3) is 0.803. The lowest BCUT2D eigenvalue weighted by Crippen LogP contribution is -2.25. The van der Waals surface area contributed by atoms with Gasteiger partial charge in [-0.15, -0.1) is 19.7 Å². The summed E-state index contributed by atoms with van der Waals surface area (Å²) in [7, 11) is 0. The summed E-state index contributed by atoms with van der Waals surface area (Å²) < 4.78 is 0. The Bertz CT molecular complexity index is 1500. The number of hydrogen-bond acceptors (Lipinski definition) is 0. The zero-order valence-electron chi connectivity index (χ0n) is 45.9. The molecule has 0 aliphatic heterocycles. The average Bonchev–Trinajstić information content (AvgIpc) is 3.39. The van der Waals surface area contributed by atoms with Gasteiger partial charge in [0.25, 0.3) is 0 Å². The predicted molar refractivity (Wildman–Crippen MR) is 321 cm³/mol. The van der Waals surface area contributed by atoms with Crippen LogP contribution in [-0.4, -0.2) is 0 Å². The quantitative estimate of drug-likeness (QED) is 0.205. The lowest BCUT2D eigenvalue weighted by Gasteiger charge is -2.37. The first kappa shape index (κ1) is 63.5. The molecule has 1 aromatic carbocycles. The van der Waals surface area contributed by atoms with Crippen molar-refractivity contribution in [1.29, 1.82) is 0 Å². The number of hydrogen-bond donors (Lipinski definition) is 0.